The lowest BCUT2D eigenvalue weighted by Gasteiger charge is -2.36. The summed E-state index contributed by atoms with van der Waals surface area (Å²) in [4.78, 5) is 11.2. The average molecular weight is 447 g/mol. The van der Waals surface area contributed by atoms with E-state index in [0.29, 0.717) is 12.6 Å². The summed E-state index contributed by atoms with van der Waals surface area (Å²) in [6.07, 6.45) is 9.61. The topological polar surface area (TPSA) is 70.4 Å². The Morgan fingerprint density at radius 1 is 1.25 bits per heavy atom. The van der Waals surface area contributed by atoms with Crippen LogP contribution in [0.15, 0.2) is 11.3 Å². The smallest absolute Gasteiger partial charge is 0.191 e. The zero-order valence-corrected chi connectivity index (χ0v) is 17.1. The number of rotatable bonds is 4. The molecule has 2 N–H and O–H groups in total. The normalized spacial score (nSPS) is 20.8. The van der Waals surface area contributed by atoms with E-state index in [2.05, 4.69) is 30.6 Å². The van der Waals surface area contributed by atoms with Gasteiger partial charge >= 0.3 is 0 Å². The van der Waals surface area contributed by atoms with Crippen LogP contribution in [0.25, 0.3) is 0 Å². The van der Waals surface area contributed by atoms with Crippen molar-refractivity contribution in [3.63, 3.8) is 0 Å². The number of hydrogen-bond donors (Lipinski definition) is 2. The Morgan fingerprint density at radius 3 is 2.54 bits per heavy atom. The summed E-state index contributed by atoms with van der Waals surface area (Å²) in [6, 6.07) is 1.36. The predicted molar refractivity (Wildman–Crippen MR) is 107 cm³/mol. The number of likely N-dealkylation sites (tertiary alicyclic amines) is 1. The van der Waals surface area contributed by atoms with Gasteiger partial charge in [-0.2, -0.15) is 5.10 Å². The largest absolute Gasteiger partial charge is 0.354 e. The zero-order chi connectivity index (χ0) is 16.1. The number of aryl methyl sites for hydroxylation is 1. The van der Waals surface area contributed by atoms with Crippen LogP contribution in [0.3, 0.4) is 0 Å². The van der Waals surface area contributed by atoms with Gasteiger partial charge in [0.2, 0.25) is 0 Å². The van der Waals surface area contributed by atoms with Gasteiger partial charge < -0.3 is 15.5 Å². The Bertz CT molecular complexity index is 516. The van der Waals surface area contributed by atoms with E-state index in [0.717, 1.165) is 17.8 Å². The Morgan fingerprint density at radius 2 is 1.96 bits per heavy atom. The fourth-order valence-electron chi connectivity index (χ4n) is 3.71. The van der Waals surface area contributed by atoms with Crippen LogP contribution in [0.1, 0.15) is 44.3 Å². The lowest BCUT2D eigenvalue weighted by atomic mass is 10.0. The molecule has 0 unspecified atom stereocenters. The van der Waals surface area contributed by atoms with Crippen molar-refractivity contribution in [3.8, 4) is 0 Å². The van der Waals surface area contributed by atoms with Crippen LogP contribution in [-0.4, -0.2) is 57.8 Å². The minimum atomic E-state index is 0. The van der Waals surface area contributed by atoms with Gasteiger partial charge in [-0.1, -0.05) is 12.8 Å². The molecule has 3 rings (SSSR count). The van der Waals surface area contributed by atoms with E-state index in [9.17, 15) is 0 Å². The summed E-state index contributed by atoms with van der Waals surface area (Å²) in [5.74, 6) is 1.76. The second-order valence-corrected chi connectivity index (χ2v) is 6.62. The monoisotopic (exact) mass is 447 g/mol. The second kappa shape index (κ2) is 9.55. The molecule has 0 spiro atoms. The summed E-state index contributed by atoms with van der Waals surface area (Å²) in [6.45, 7) is 3.06. The molecule has 2 heterocycles. The summed E-state index contributed by atoms with van der Waals surface area (Å²) in [5, 5.41) is 11.0. The lowest BCUT2D eigenvalue weighted by molar-refractivity contribution is 0.150. The highest BCUT2D eigenvalue weighted by molar-refractivity contribution is 14.0. The van der Waals surface area contributed by atoms with Gasteiger partial charge in [0, 0.05) is 39.3 Å². The number of piperidine rings is 1. The standard InChI is InChI=1S/C16H29N7.HI/c1-17-16(18-11-15-19-12-20-22(15)2)21-13-7-9-23(10-8-13)14-5-3-4-6-14;/h12-14H,3-11H2,1-2H3,(H2,17,18,21);1H. The number of halogens is 1. The van der Waals surface area contributed by atoms with E-state index in [1.54, 1.807) is 11.0 Å². The van der Waals surface area contributed by atoms with E-state index in [1.807, 2.05) is 14.1 Å². The molecule has 1 saturated carbocycles. The molecule has 0 aromatic carbocycles. The van der Waals surface area contributed by atoms with Crippen molar-refractivity contribution in [2.75, 3.05) is 20.1 Å². The van der Waals surface area contributed by atoms with Gasteiger partial charge in [-0.25, -0.2) is 4.98 Å². The maximum absolute atomic E-state index is 4.33. The van der Waals surface area contributed by atoms with Gasteiger partial charge in [0.15, 0.2) is 5.96 Å². The molecule has 1 aliphatic carbocycles. The molecule has 1 aromatic rings. The van der Waals surface area contributed by atoms with Crippen LogP contribution < -0.4 is 10.6 Å². The second-order valence-electron chi connectivity index (χ2n) is 6.62. The number of nitrogens with one attached hydrogen (secondary N) is 2. The number of hydrogen-bond acceptors (Lipinski definition) is 4. The van der Waals surface area contributed by atoms with Gasteiger partial charge in [0.25, 0.3) is 0 Å². The molecule has 0 amide bonds. The van der Waals surface area contributed by atoms with Crippen molar-refractivity contribution in [1.29, 1.82) is 0 Å². The molecule has 1 aromatic heterocycles. The summed E-state index contributed by atoms with van der Waals surface area (Å²) in [7, 11) is 3.72. The minimum Gasteiger partial charge on any atom is -0.354 e. The zero-order valence-electron chi connectivity index (χ0n) is 14.7. The third-order valence-electron chi connectivity index (χ3n) is 5.15. The molecular weight excluding hydrogens is 417 g/mol. The Hall–Kier alpha value is -0.900. The van der Waals surface area contributed by atoms with Gasteiger partial charge in [-0.05, 0) is 25.7 Å². The van der Waals surface area contributed by atoms with Crippen molar-refractivity contribution in [3.05, 3.63) is 12.2 Å². The summed E-state index contributed by atoms with van der Waals surface area (Å²) >= 11 is 0. The Balaban J connectivity index is 0.00000208. The maximum atomic E-state index is 4.33. The predicted octanol–water partition coefficient (Wildman–Crippen LogP) is 1.51. The third kappa shape index (κ3) is 5.05. The SMILES string of the molecule is CN=C(NCc1ncnn1C)NC1CCN(C2CCCC2)CC1.I. The number of aliphatic imine (C=N–C) groups is 1. The van der Waals surface area contributed by atoms with Gasteiger partial charge in [-0.15, -0.1) is 24.0 Å². The first-order valence-corrected chi connectivity index (χ1v) is 8.80. The molecule has 24 heavy (non-hydrogen) atoms. The van der Waals surface area contributed by atoms with E-state index in [-0.39, 0.29) is 24.0 Å². The molecule has 1 aliphatic heterocycles. The molecule has 0 radical (unpaired) electrons. The minimum absolute atomic E-state index is 0. The number of aromatic nitrogens is 3. The quantitative estimate of drug-likeness (QED) is 0.416. The van der Waals surface area contributed by atoms with Crippen LogP contribution in [0, 0.1) is 0 Å². The Kier molecular flexibility index (Phi) is 7.73. The molecule has 8 heteroatoms. The molecule has 0 atom stereocenters. The van der Waals surface area contributed by atoms with E-state index < -0.39 is 0 Å². The van der Waals surface area contributed by atoms with Crippen LogP contribution in [0.4, 0.5) is 0 Å². The van der Waals surface area contributed by atoms with Crippen LogP contribution >= 0.6 is 24.0 Å². The van der Waals surface area contributed by atoms with Crippen LogP contribution in [0.2, 0.25) is 0 Å². The maximum Gasteiger partial charge on any atom is 0.191 e. The van der Waals surface area contributed by atoms with Crippen molar-refractivity contribution < 1.29 is 0 Å². The lowest BCUT2D eigenvalue weighted by Crippen LogP contribution is -2.50. The number of guanidine groups is 1. The highest BCUT2D eigenvalue weighted by Crippen LogP contribution is 2.26. The molecule has 7 nitrogen and oxygen atoms in total. The van der Waals surface area contributed by atoms with Gasteiger partial charge in [-0.3, -0.25) is 9.67 Å². The van der Waals surface area contributed by atoms with E-state index >= 15 is 0 Å². The van der Waals surface area contributed by atoms with Crippen molar-refractivity contribution in [2.24, 2.45) is 12.0 Å². The highest BCUT2D eigenvalue weighted by atomic mass is 127. The van der Waals surface area contributed by atoms with Gasteiger partial charge in [0.1, 0.15) is 12.2 Å². The van der Waals surface area contributed by atoms with Gasteiger partial charge in [0.05, 0.1) is 6.54 Å². The first-order valence-electron chi connectivity index (χ1n) is 8.80. The molecule has 136 valence electrons. The summed E-state index contributed by atoms with van der Waals surface area (Å²) < 4.78 is 1.78. The molecule has 2 aliphatic rings. The van der Waals surface area contributed by atoms with E-state index in [4.69, 9.17) is 0 Å². The fourth-order valence-corrected chi connectivity index (χ4v) is 3.71. The molecule has 2 fully saturated rings. The molecule has 0 bridgehead atoms. The first-order chi connectivity index (χ1) is 11.3. The van der Waals surface area contributed by atoms with Crippen molar-refractivity contribution in [2.45, 2.75) is 57.2 Å². The van der Waals surface area contributed by atoms with Crippen LogP contribution in [-0.2, 0) is 13.6 Å². The van der Waals surface area contributed by atoms with E-state index in [1.165, 1.54) is 51.6 Å². The first kappa shape index (κ1) is 19.4. The third-order valence-corrected chi connectivity index (χ3v) is 5.15. The molecule has 1 saturated heterocycles. The molecular formula is C16H30IN7. The number of nitrogens with zero attached hydrogens (tertiary/aromatic N) is 5. The van der Waals surface area contributed by atoms with Crippen molar-refractivity contribution in [1.82, 2.24) is 30.3 Å². The highest BCUT2D eigenvalue weighted by Gasteiger charge is 2.27. The fraction of sp³-hybridized carbons (Fsp3) is 0.812. The van der Waals surface area contributed by atoms with Crippen molar-refractivity contribution >= 4 is 29.9 Å². The Labute approximate surface area is 161 Å². The average Bonchev–Trinajstić information content (AvgIpc) is 3.24. The van der Waals surface area contributed by atoms with Crippen LogP contribution in [0.5, 0.6) is 0 Å². The summed E-state index contributed by atoms with van der Waals surface area (Å²) in [5.41, 5.74) is 0.